The van der Waals surface area contributed by atoms with E-state index in [-0.39, 0.29) is 0 Å². The minimum absolute atomic E-state index is 0.434. The standard InChI is InChI=1S/C17H25N3O2/c1-13(2)14(3)20(11-16-6-5-7-22-16)10-15-8-18-17(12-21-4)19-9-15/h5-9,13-14H,10-12H2,1-4H3/t14-/m0/s1. The number of methoxy groups -OCH3 is 1. The van der Waals surface area contributed by atoms with Gasteiger partial charge in [-0.25, -0.2) is 9.97 Å². The molecule has 0 aliphatic carbocycles. The summed E-state index contributed by atoms with van der Waals surface area (Å²) in [5, 5.41) is 0. The Bertz CT molecular complexity index is 538. The van der Waals surface area contributed by atoms with Gasteiger partial charge in [-0.05, 0) is 25.0 Å². The van der Waals surface area contributed by atoms with Crippen molar-refractivity contribution in [1.29, 1.82) is 0 Å². The van der Waals surface area contributed by atoms with Crippen molar-refractivity contribution >= 4 is 0 Å². The van der Waals surface area contributed by atoms with Crippen molar-refractivity contribution in [1.82, 2.24) is 14.9 Å². The van der Waals surface area contributed by atoms with Crippen molar-refractivity contribution in [3.63, 3.8) is 0 Å². The van der Waals surface area contributed by atoms with Gasteiger partial charge in [-0.15, -0.1) is 0 Å². The summed E-state index contributed by atoms with van der Waals surface area (Å²) in [6, 6.07) is 4.37. The molecule has 1 atom stereocenters. The van der Waals surface area contributed by atoms with Gasteiger partial charge in [0.05, 0.1) is 12.8 Å². The normalized spacial score (nSPS) is 13.0. The van der Waals surface area contributed by atoms with E-state index in [0.717, 1.165) is 24.4 Å². The molecule has 0 radical (unpaired) electrons. The van der Waals surface area contributed by atoms with E-state index in [1.807, 2.05) is 24.5 Å². The van der Waals surface area contributed by atoms with Gasteiger partial charge in [0, 0.05) is 37.7 Å². The first-order valence-electron chi connectivity index (χ1n) is 7.65. The van der Waals surface area contributed by atoms with Gasteiger partial charge in [-0.3, -0.25) is 4.90 Å². The van der Waals surface area contributed by atoms with Crippen molar-refractivity contribution < 1.29 is 9.15 Å². The van der Waals surface area contributed by atoms with Crippen molar-refractivity contribution in [2.24, 2.45) is 5.92 Å². The average molecular weight is 303 g/mol. The first kappa shape index (κ1) is 16.6. The third kappa shape index (κ3) is 4.64. The highest BCUT2D eigenvalue weighted by Gasteiger charge is 2.19. The molecule has 0 aromatic carbocycles. The Morgan fingerprint density at radius 2 is 1.91 bits per heavy atom. The average Bonchev–Trinajstić information content (AvgIpc) is 3.01. The topological polar surface area (TPSA) is 51.4 Å². The Labute approximate surface area is 132 Å². The molecule has 22 heavy (non-hydrogen) atoms. The number of ether oxygens (including phenoxy) is 1. The highest BCUT2D eigenvalue weighted by Crippen LogP contribution is 2.17. The molecule has 0 aliphatic heterocycles. The van der Waals surface area contributed by atoms with Crippen LogP contribution in [0.2, 0.25) is 0 Å². The SMILES string of the molecule is COCc1ncc(CN(Cc2ccco2)[C@@H](C)C(C)C)cn1. The van der Waals surface area contributed by atoms with Gasteiger partial charge in [-0.2, -0.15) is 0 Å². The third-order valence-corrected chi connectivity index (χ3v) is 3.90. The molecule has 0 spiro atoms. The quantitative estimate of drug-likeness (QED) is 0.749. The minimum Gasteiger partial charge on any atom is -0.468 e. The smallest absolute Gasteiger partial charge is 0.153 e. The maximum atomic E-state index is 5.49. The first-order chi connectivity index (χ1) is 10.6. The highest BCUT2D eigenvalue weighted by atomic mass is 16.5. The van der Waals surface area contributed by atoms with Crippen molar-refractivity contribution in [3.05, 3.63) is 47.9 Å². The summed E-state index contributed by atoms with van der Waals surface area (Å²) in [6.07, 6.45) is 5.48. The van der Waals surface area contributed by atoms with Crippen LogP contribution in [0.3, 0.4) is 0 Å². The summed E-state index contributed by atoms with van der Waals surface area (Å²) in [5.41, 5.74) is 1.10. The molecule has 0 saturated carbocycles. The Hall–Kier alpha value is -1.72. The van der Waals surface area contributed by atoms with Gasteiger partial charge in [0.1, 0.15) is 12.4 Å². The van der Waals surface area contributed by atoms with Crippen LogP contribution < -0.4 is 0 Å². The Balaban J connectivity index is 2.07. The van der Waals surface area contributed by atoms with Gasteiger partial charge in [0.2, 0.25) is 0 Å². The summed E-state index contributed by atoms with van der Waals surface area (Å²) in [4.78, 5) is 11.1. The molecule has 5 nitrogen and oxygen atoms in total. The number of hydrogen-bond acceptors (Lipinski definition) is 5. The van der Waals surface area contributed by atoms with E-state index in [1.165, 1.54) is 0 Å². The van der Waals surface area contributed by atoms with Crippen LogP contribution in [0.4, 0.5) is 0 Å². The van der Waals surface area contributed by atoms with Crippen LogP contribution in [0.25, 0.3) is 0 Å². The molecule has 0 saturated heterocycles. The van der Waals surface area contributed by atoms with E-state index in [2.05, 4.69) is 35.6 Å². The molecule has 2 heterocycles. The second-order valence-electron chi connectivity index (χ2n) is 5.91. The largest absolute Gasteiger partial charge is 0.468 e. The Morgan fingerprint density at radius 3 is 2.45 bits per heavy atom. The van der Waals surface area contributed by atoms with Crippen LogP contribution in [0.15, 0.2) is 35.2 Å². The van der Waals surface area contributed by atoms with E-state index in [4.69, 9.17) is 9.15 Å². The van der Waals surface area contributed by atoms with Crippen LogP contribution in [0.1, 0.15) is 37.9 Å². The lowest BCUT2D eigenvalue weighted by atomic mass is 10.0. The number of furan rings is 1. The van der Waals surface area contributed by atoms with Crippen molar-refractivity contribution in [3.8, 4) is 0 Å². The first-order valence-corrected chi connectivity index (χ1v) is 7.65. The maximum Gasteiger partial charge on any atom is 0.153 e. The number of nitrogens with zero attached hydrogens (tertiary/aromatic N) is 3. The summed E-state index contributed by atoms with van der Waals surface area (Å²) in [7, 11) is 1.65. The lowest BCUT2D eigenvalue weighted by Gasteiger charge is -2.31. The molecule has 0 fully saturated rings. The van der Waals surface area contributed by atoms with Crippen molar-refractivity contribution in [2.75, 3.05) is 7.11 Å². The lowest BCUT2D eigenvalue weighted by Crippen LogP contribution is -2.35. The third-order valence-electron chi connectivity index (χ3n) is 3.90. The molecule has 0 N–H and O–H groups in total. The summed E-state index contributed by atoms with van der Waals surface area (Å²) in [5.74, 6) is 2.24. The van der Waals surface area contributed by atoms with Gasteiger partial charge in [0.15, 0.2) is 5.82 Å². The molecule has 0 amide bonds. The predicted molar refractivity (Wildman–Crippen MR) is 85.0 cm³/mol. The molecule has 2 aromatic rings. The predicted octanol–water partition coefficient (Wildman–Crippen LogP) is 3.26. The highest BCUT2D eigenvalue weighted by molar-refractivity contribution is 5.06. The van der Waals surface area contributed by atoms with E-state index in [9.17, 15) is 0 Å². The van der Waals surface area contributed by atoms with Gasteiger partial charge in [-0.1, -0.05) is 13.8 Å². The zero-order valence-electron chi connectivity index (χ0n) is 13.8. The second-order valence-corrected chi connectivity index (χ2v) is 5.91. The van der Waals surface area contributed by atoms with Crippen LogP contribution in [-0.4, -0.2) is 28.0 Å². The number of aromatic nitrogens is 2. The van der Waals surface area contributed by atoms with E-state index in [0.29, 0.717) is 24.4 Å². The fourth-order valence-electron chi connectivity index (χ4n) is 2.27. The zero-order chi connectivity index (χ0) is 15.9. The fraction of sp³-hybridized carbons (Fsp3) is 0.529. The van der Waals surface area contributed by atoms with Crippen LogP contribution in [0.5, 0.6) is 0 Å². The van der Waals surface area contributed by atoms with Gasteiger partial charge < -0.3 is 9.15 Å². The lowest BCUT2D eigenvalue weighted by molar-refractivity contribution is 0.140. The molecule has 0 aliphatic rings. The van der Waals surface area contributed by atoms with E-state index in [1.54, 1.807) is 13.4 Å². The molecule has 5 heteroatoms. The minimum atomic E-state index is 0.434. The molecule has 2 aromatic heterocycles. The van der Waals surface area contributed by atoms with Gasteiger partial charge in [0.25, 0.3) is 0 Å². The number of rotatable bonds is 8. The molecular weight excluding hydrogens is 278 g/mol. The molecule has 2 rings (SSSR count). The summed E-state index contributed by atoms with van der Waals surface area (Å²) < 4.78 is 10.5. The summed E-state index contributed by atoms with van der Waals surface area (Å²) >= 11 is 0. The number of hydrogen-bond donors (Lipinski definition) is 0. The zero-order valence-corrected chi connectivity index (χ0v) is 13.8. The molecule has 120 valence electrons. The Kier molecular flexibility index (Phi) is 6.10. The molecule has 0 unspecified atom stereocenters. The van der Waals surface area contributed by atoms with Crippen LogP contribution in [0, 0.1) is 5.92 Å². The second kappa shape index (κ2) is 8.06. The van der Waals surface area contributed by atoms with Gasteiger partial charge >= 0.3 is 0 Å². The summed E-state index contributed by atoms with van der Waals surface area (Å²) in [6.45, 7) is 8.74. The van der Waals surface area contributed by atoms with E-state index < -0.39 is 0 Å². The molecule has 0 bridgehead atoms. The fourth-order valence-corrected chi connectivity index (χ4v) is 2.27. The van der Waals surface area contributed by atoms with E-state index >= 15 is 0 Å². The van der Waals surface area contributed by atoms with Crippen molar-refractivity contribution in [2.45, 2.75) is 46.5 Å². The maximum absolute atomic E-state index is 5.49. The Morgan fingerprint density at radius 1 is 1.18 bits per heavy atom. The van der Waals surface area contributed by atoms with Crippen LogP contribution >= 0.6 is 0 Å². The monoisotopic (exact) mass is 303 g/mol. The van der Waals surface area contributed by atoms with Crippen LogP contribution in [-0.2, 0) is 24.4 Å². The molecular formula is C17H25N3O2.